The molecule has 0 aliphatic rings. The summed E-state index contributed by atoms with van der Waals surface area (Å²) in [6.45, 7) is 2.85. The second kappa shape index (κ2) is 6.85. The van der Waals surface area contributed by atoms with E-state index in [9.17, 15) is 4.79 Å². The standard InChI is InChI=1S/C12H17NO3/c1-10(12(14)15)13-8-5-9-16-11-6-3-2-4-7-11/h2-4,6-7,10,13H,5,8-9H2,1H3,(H,14,15). The van der Waals surface area contributed by atoms with E-state index in [1.165, 1.54) is 0 Å². The predicted octanol–water partition coefficient (Wildman–Crippen LogP) is 1.52. The first-order valence-corrected chi connectivity index (χ1v) is 5.34. The van der Waals surface area contributed by atoms with E-state index in [-0.39, 0.29) is 0 Å². The molecule has 0 amide bonds. The number of carboxylic acids is 1. The second-order valence-electron chi connectivity index (χ2n) is 3.53. The Balaban J connectivity index is 2.07. The maximum absolute atomic E-state index is 10.5. The Morgan fingerprint density at radius 2 is 2.12 bits per heavy atom. The molecule has 1 aromatic carbocycles. The third-order valence-corrected chi connectivity index (χ3v) is 2.15. The zero-order valence-corrected chi connectivity index (χ0v) is 9.35. The number of rotatable bonds is 7. The second-order valence-corrected chi connectivity index (χ2v) is 3.53. The minimum absolute atomic E-state index is 0.503. The van der Waals surface area contributed by atoms with Crippen LogP contribution in [0.15, 0.2) is 30.3 Å². The molecule has 2 N–H and O–H groups in total. The van der Waals surface area contributed by atoms with Crippen molar-refractivity contribution < 1.29 is 14.6 Å². The summed E-state index contributed by atoms with van der Waals surface area (Å²) in [7, 11) is 0. The van der Waals surface area contributed by atoms with Crippen molar-refractivity contribution in [3.8, 4) is 5.75 Å². The smallest absolute Gasteiger partial charge is 0.320 e. The van der Waals surface area contributed by atoms with E-state index in [4.69, 9.17) is 9.84 Å². The molecule has 0 heterocycles. The van der Waals surface area contributed by atoms with Crippen molar-refractivity contribution in [2.75, 3.05) is 13.2 Å². The van der Waals surface area contributed by atoms with E-state index in [2.05, 4.69) is 5.32 Å². The summed E-state index contributed by atoms with van der Waals surface area (Å²) < 4.78 is 5.46. The largest absolute Gasteiger partial charge is 0.494 e. The Labute approximate surface area is 95.2 Å². The van der Waals surface area contributed by atoms with E-state index in [1.54, 1.807) is 6.92 Å². The van der Waals surface area contributed by atoms with Gasteiger partial charge >= 0.3 is 5.97 Å². The SMILES string of the molecule is CC(NCCCOc1ccccc1)C(=O)O. The van der Waals surface area contributed by atoms with Crippen molar-refractivity contribution in [3.63, 3.8) is 0 Å². The first-order chi connectivity index (χ1) is 7.70. The summed E-state index contributed by atoms with van der Waals surface area (Å²) in [6, 6.07) is 9.06. The van der Waals surface area contributed by atoms with Crippen LogP contribution in [0.5, 0.6) is 5.75 Å². The quantitative estimate of drug-likeness (QED) is 0.688. The molecule has 0 aromatic heterocycles. The van der Waals surface area contributed by atoms with Gasteiger partial charge in [-0.15, -0.1) is 0 Å². The molecule has 16 heavy (non-hydrogen) atoms. The van der Waals surface area contributed by atoms with Gasteiger partial charge in [0.15, 0.2) is 0 Å². The molecule has 0 aliphatic carbocycles. The molecule has 4 heteroatoms. The van der Waals surface area contributed by atoms with Crippen LogP contribution in [0, 0.1) is 0 Å². The molecule has 1 aromatic rings. The van der Waals surface area contributed by atoms with E-state index >= 15 is 0 Å². The lowest BCUT2D eigenvalue weighted by Crippen LogP contribution is -2.34. The van der Waals surface area contributed by atoms with Crippen molar-refractivity contribution in [1.29, 1.82) is 0 Å². The fourth-order valence-corrected chi connectivity index (χ4v) is 1.18. The molecule has 0 radical (unpaired) electrons. The van der Waals surface area contributed by atoms with Crippen LogP contribution in [0.1, 0.15) is 13.3 Å². The number of benzene rings is 1. The van der Waals surface area contributed by atoms with Gasteiger partial charge in [0.25, 0.3) is 0 Å². The Hall–Kier alpha value is -1.55. The van der Waals surface area contributed by atoms with Gasteiger partial charge in [0, 0.05) is 0 Å². The summed E-state index contributed by atoms with van der Waals surface area (Å²) >= 11 is 0. The van der Waals surface area contributed by atoms with Crippen LogP contribution in [0.3, 0.4) is 0 Å². The molecule has 4 nitrogen and oxygen atoms in total. The minimum Gasteiger partial charge on any atom is -0.494 e. The maximum Gasteiger partial charge on any atom is 0.320 e. The topological polar surface area (TPSA) is 58.6 Å². The van der Waals surface area contributed by atoms with Crippen molar-refractivity contribution in [2.45, 2.75) is 19.4 Å². The van der Waals surface area contributed by atoms with Gasteiger partial charge in [0.05, 0.1) is 6.61 Å². The molecule has 88 valence electrons. The van der Waals surface area contributed by atoms with Crippen molar-refractivity contribution in [2.24, 2.45) is 0 Å². The highest BCUT2D eigenvalue weighted by molar-refractivity contribution is 5.72. The molecular weight excluding hydrogens is 206 g/mol. The third kappa shape index (κ3) is 4.79. The summed E-state index contributed by atoms with van der Waals surface area (Å²) in [5.41, 5.74) is 0. The highest BCUT2D eigenvalue weighted by Crippen LogP contribution is 2.07. The Morgan fingerprint density at radius 1 is 1.44 bits per heavy atom. The number of nitrogens with one attached hydrogen (secondary N) is 1. The molecule has 0 saturated heterocycles. The third-order valence-electron chi connectivity index (χ3n) is 2.15. The number of carbonyl (C=O) groups is 1. The Kier molecular flexibility index (Phi) is 5.36. The van der Waals surface area contributed by atoms with Gasteiger partial charge in [-0.1, -0.05) is 18.2 Å². The first-order valence-electron chi connectivity index (χ1n) is 5.34. The van der Waals surface area contributed by atoms with Crippen LogP contribution < -0.4 is 10.1 Å². The fourth-order valence-electron chi connectivity index (χ4n) is 1.18. The monoisotopic (exact) mass is 223 g/mol. The maximum atomic E-state index is 10.5. The van der Waals surface area contributed by atoms with Gasteiger partial charge in [0.1, 0.15) is 11.8 Å². The van der Waals surface area contributed by atoms with Crippen LogP contribution in [0.2, 0.25) is 0 Å². The first kappa shape index (κ1) is 12.5. The lowest BCUT2D eigenvalue weighted by Gasteiger charge is -2.09. The van der Waals surface area contributed by atoms with Gasteiger partial charge in [-0.3, -0.25) is 4.79 Å². The summed E-state index contributed by atoms with van der Waals surface area (Å²) in [4.78, 5) is 10.5. The molecule has 1 unspecified atom stereocenters. The zero-order chi connectivity index (χ0) is 11.8. The molecule has 0 spiro atoms. The molecule has 0 aliphatic heterocycles. The van der Waals surface area contributed by atoms with Gasteiger partial charge in [-0.25, -0.2) is 0 Å². The van der Waals surface area contributed by atoms with E-state index in [0.717, 1.165) is 12.2 Å². The van der Waals surface area contributed by atoms with Crippen molar-refractivity contribution in [3.05, 3.63) is 30.3 Å². The minimum atomic E-state index is -0.830. The molecule has 0 fully saturated rings. The van der Waals surface area contributed by atoms with Crippen LogP contribution in [-0.2, 0) is 4.79 Å². The number of para-hydroxylation sites is 1. The molecular formula is C12H17NO3. The Morgan fingerprint density at radius 3 is 2.75 bits per heavy atom. The highest BCUT2D eigenvalue weighted by atomic mass is 16.5. The van der Waals surface area contributed by atoms with Crippen molar-refractivity contribution in [1.82, 2.24) is 5.32 Å². The molecule has 1 rings (SSSR count). The average molecular weight is 223 g/mol. The predicted molar refractivity (Wildman–Crippen MR) is 61.7 cm³/mol. The summed E-state index contributed by atoms with van der Waals surface area (Å²) in [6.07, 6.45) is 0.784. The van der Waals surface area contributed by atoms with Gasteiger partial charge < -0.3 is 15.2 Å². The molecule has 1 atom stereocenters. The average Bonchev–Trinajstić information content (AvgIpc) is 2.29. The van der Waals surface area contributed by atoms with Crippen LogP contribution in [0.4, 0.5) is 0 Å². The number of carboxylic acid groups (broad SMARTS) is 1. The lowest BCUT2D eigenvalue weighted by atomic mass is 10.3. The number of ether oxygens (including phenoxy) is 1. The van der Waals surface area contributed by atoms with Crippen LogP contribution in [0.25, 0.3) is 0 Å². The number of aliphatic carboxylic acids is 1. The normalized spacial score (nSPS) is 12.1. The Bertz CT molecular complexity index is 313. The lowest BCUT2D eigenvalue weighted by molar-refractivity contribution is -0.139. The van der Waals surface area contributed by atoms with Crippen LogP contribution in [-0.4, -0.2) is 30.3 Å². The molecule has 0 saturated carbocycles. The number of hydrogen-bond acceptors (Lipinski definition) is 3. The fraction of sp³-hybridized carbons (Fsp3) is 0.417. The van der Waals surface area contributed by atoms with Gasteiger partial charge in [0.2, 0.25) is 0 Å². The van der Waals surface area contributed by atoms with Crippen LogP contribution >= 0.6 is 0 Å². The van der Waals surface area contributed by atoms with E-state index in [0.29, 0.717) is 13.2 Å². The van der Waals surface area contributed by atoms with Gasteiger partial charge in [-0.2, -0.15) is 0 Å². The zero-order valence-electron chi connectivity index (χ0n) is 9.35. The van der Waals surface area contributed by atoms with E-state index < -0.39 is 12.0 Å². The summed E-state index contributed by atoms with van der Waals surface area (Å²) in [5, 5.41) is 11.5. The molecule has 0 bridgehead atoms. The van der Waals surface area contributed by atoms with Crippen molar-refractivity contribution >= 4 is 5.97 Å². The summed E-state index contributed by atoms with van der Waals surface area (Å²) in [5.74, 6) is 0.0118. The van der Waals surface area contributed by atoms with Gasteiger partial charge in [-0.05, 0) is 32.0 Å². The number of hydrogen-bond donors (Lipinski definition) is 2. The highest BCUT2D eigenvalue weighted by Gasteiger charge is 2.08. The van der Waals surface area contributed by atoms with E-state index in [1.807, 2.05) is 30.3 Å².